The lowest BCUT2D eigenvalue weighted by atomic mass is 10.0. The molecule has 2 rings (SSSR count). The lowest BCUT2D eigenvalue weighted by Crippen LogP contribution is -1.88. The SMILES string of the molecule is COc1cc2c(C)ccc(C)c2cc1Cl. The summed E-state index contributed by atoms with van der Waals surface area (Å²) in [5.74, 6) is 0.734. The molecule has 0 aliphatic rings. The van der Waals surface area contributed by atoms with Crippen molar-refractivity contribution < 1.29 is 4.74 Å². The lowest BCUT2D eigenvalue weighted by molar-refractivity contribution is 0.415. The van der Waals surface area contributed by atoms with Crippen LogP contribution in [0.2, 0.25) is 5.02 Å². The van der Waals surface area contributed by atoms with Crippen LogP contribution in [0.25, 0.3) is 10.8 Å². The molecule has 0 amide bonds. The van der Waals surface area contributed by atoms with Gasteiger partial charge in [0.05, 0.1) is 12.1 Å². The first-order chi connectivity index (χ1) is 7.13. The quantitative estimate of drug-likeness (QED) is 0.703. The van der Waals surface area contributed by atoms with E-state index in [9.17, 15) is 0 Å². The van der Waals surface area contributed by atoms with Crippen molar-refractivity contribution in [3.63, 3.8) is 0 Å². The summed E-state index contributed by atoms with van der Waals surface area (Å²) in [7, 11) is 1.64. The summed E-state index contributed by atoms with van der Waals surface area (Å²) >= 11 is 6.10. The van der Waals surface area contributed by atoms with Crippen LogP contribution < -0.4 is 4.74 Å². The number of fused-ring (bicyclic) bond motifs is 1. The van der Waals surface area contributed by atoms with Crippen LogP contribution in [0.5, 0.6) is 5.75 Å². The number of methoxy groups -OCH3 is 1. The fraction of sp³-hybridized carbons (Fsp3) is 0.231. The summed E-state index contributed by atoms with van der Waals surface area (Å²) in [4.78, 5) is 0. The Kier molecular flexibility index (Phi) is 2.57. The maximum absolute atomic E-state index is 6.10. The summed E-state index contributed by atoms with van der Waals surface area (Å²) in [5.41, 5.74) is 2.48. The third-order valence-corrected chi connectivity index (χ3v) is 3.02. The molecule has 1 nitrogen and oxygen atoms in total. The van der Waals surface area contributed by atoms with E-state index in [4.69, 9.17) is 16.3 Å². The summed E-state index contributed by atoms with van der Waals surface area (Å²) in [5, 5.41) is 3.07. The van der Waals surface area contributed by atoms with Gasteiger partial charge in [-0.25, -0.2) is 0 Å². The molecular formula is C13H13ClO. The zero-order chi connectivity index (χ0) is 11.0. The van der Waals surface area contributed by atoms with Gasteiger partial charge in [0.15, 0.2) is 0 Å². The van der Waals surface area contributed by atoms with Crippen LogP contribution >= 0.6 is 11.6 Å². The molecule has 0 bridgehead atoms. The fourth-order valence-corrected chi connectivity index (χ4v) is 2.03. The molecule has 0 saturated heterocycles. The maximum atomic E-state index is 6.10. The number of benzene rings is 2. The maximum Gasteiger partial charge on any atom is 0.138 e. The lowest BCUT2D eigenvalue weighted by Gasteiger charge is -2.09. The molecular weight excluding hydrogens is 208 g/mol. The van der Waals surface area contributed by atoms with Gasteiger partial charge in [0.2, 0.25) is 0 Å². The number of halogens is 1. The van der Waals surface area contributed by atoms with Gasteiger partial charge in [0.1, 0.15) is 5.75 Å². The van der Waals surface area contributed by atoms with Gasteiger partial charge in [-0.1, -0.05) is 23.7 Å². The Morgan fingerprint density at radius 1 is 1.00 bits per heavy atom. The third kappa shape index (κ3) is 1.68. The molecule has 0 heterocycles. The molecule has 15 heavy (non-hydrogen) atoms. The van der Waals surface area contributed by atoms with Gasteiger partial charge in [-0.05, 0) is 47.9 Å². The van der Waals surface area contributed by atoms with Gasteiger partial charge in [0, 0.05) is 0 Å². The van der Waals surface area contributed by atoms with Gasteiger partial charge in [-0.3, -0.25) is 0 Å². The number of hydrogen-bond donors (Lipinski definition) is 0. The first kappa shape index (κ1) is 10.3. The average molecular weight is 221 g/mol. The number of rotatable bonds is 1. The van der Waals surface area contributed by atoms with Crippen molar-refractivity contribution in [1.82, 2.24) is 0 Å². The molecule has 0 saturated carbocycles. The molecule has 0 spiro atoms. The Morgan fingerprint density at radius 3 is 2.07 bits per heavy atom. The molecule has 78 valence electrons. The van der Waals surface area contributed by atoms with Crippen molar-refractivity contribution in [3.05, 3.63) is 40.4 Å². The topological polar surface area (TPSA) is 9.23 Å². The Morgan fingerprint density at radius 2 is 1.53 bits per heavy atom. The van der Waals surface area contributed by atoms with Crippen LogP contribution in [0.15, 0.2) is 24.3 Å². The van der Waals surface area contributed by atoms with E-state index < -0.39 is 0 Å². The Bertz CT molecular complexity index is 517. The van der Waals surface area contributed by atoms with Gasteiger partial charge in [0.25, 0.3) is 0 Å². The third-order valence-electron chi connectivity index (χ3n) is 2.72. The molecule has 0 unspecified atom stereocenters. The van der Waals surface area contributed by atoms with Gasteiger partial charge in [-0.15, -0.1) is 0 Å². The molecule has 0 aromatic heterocycles. The van der Waals surface area contributed by atoms with Crippen molar-refractivity contribution in [3.8, 4) is 5.75 Å². The molecule has 0 atom stereocenters. The Balaban J connectivity index is 2.86. The van der Waals surface area contributed by atoms with Crippen molar-refractivity contribution in [1.29, 1.82) is 0 Å². The fourth-order valence-electron chi connectivity index (χ4n) is 1.79. The molecule has 2 aromatic carbocycles. The molecule has 0 N–H and O–H groups in total. The highest BCUT2D eigenvalue weighted by Crippen LogP contribution is 2.32. The molecule has 0 radical (unpaired) electrons. The van der Waals surface area contributed by atoms with E-state index in [1.807, 2.05) is 12.1 Å². The minimum atomic E-state index is 0.665. The molecule has 0 aliphatic carbocycles. The molecule has 2 heteroatoms. The number of hydrogen-bond acceptors (Lipinski definition) is 1. The minimum Gasteiger partial charge on any atom is -0.495 e. The van der Waals surface area contributed by atoms with E-state index in [0.29, 0.717) is 5.02 Å². The van der Waals surface area contributed by atoms with Crippen LogP contribution in [-0.4, -0.2) is 7.11 Å². The van der Waals surface area contributed by atoms with Crippen LogP contribution in [-0.2, 0) is 0 Å². The van der Waals surface area contributed by atoms with E-state index in [2.05, 4.69) is 26.0 Å². The largest absolute Gasteiger partial charge is 0.495 e. The van der Waals surface area contributed by atoms with Crippen molar-refractivity contribution >= 4 is 22.4 Å². The monoisotopic (exact) mass is 220 g/mol. The smallest absolute Gasteiger partial charge is 0.138 e. The highest BCUT2D eigenvalue weighted by atomic mass is 35.5. The number of aryl methyl sites for hydroxylation is 2. The summed E-state index contributed by atoms with van der Waals surface area (Å²) < 4.78 is 5.22. The van der Waals surface area contributed by atoms with Gasteiger partial charge >= 0.3 is 0 Å². The standard InChI is InChI=1S/C13H13ClO/c1-8-4-5-9(2)11-7-13(15-3)12(14)6-10(8)11/h4-7H,1-3H3. The predicted octanol–water partition coefficient (Wildman–Crippen LogP) is 4.12. The predicted molar refractivity (Wildman–Crippen MR) is 65.0 cm³/mol. The number of ether oxygens (including phenoxy) is 1. The van der Waals surface area contributed by atoms with E-state index in [1.165, 1.54) is 21.9 Å². The van der Waals surface area contributed by atoms with Gasteiger partial charge < -0.3 is 4.74 Å². The molecule has 0 aliphatic heterocycles. The normalized spacial score (nSPS) is 10.7. The van der Waals surface area contributed by atoms with Gasteiger partial charge in [-0.2, -0.15) is 0 Å². The van der Waals surface area contributed by atoms with E-state index in [-0.39, 0.29) is 0 Å². The van der Waals surface area contributed by atoms with Crippen LogP contribution in [0.4, 0.5) is 0 Å². The van der Waals surface area contributed by atoms with Crippen LogP contribution in [0.1, 0.15) is 11.1 Å². The summed E-state index contributed by atoms with van der Waals surface area (Å²) in [6, 6.07) is 8.20. The Labute approximate surface area is 94.6 Å². The minimum absolute atomic E-state index is 0.665. The Hall–Kier alpha value is -1.21. The highest BCUT2D eigenvalue weighted by Gasteiger charge is 2.06. The second-order valence-electron chi connectivity index (χ2n) is 3.73. The second kappa shape index (κ2) is 3.74. The first-order valence-electron chi connectivity index (χ1n) is 4.87. The first-order valence-corrected chi connectivity index (χ1v) is 5.24. The molecule has 0 fully saturated rings. The van der Waals surface area contributed by atoms with Crippen LogP contribution in [0.3, 0.4) is 0 Å². The second-order valence-corrected chi connectivity index (χ2v) is 4.14. The van der Waals surface area contributed by atoms with E-state index in [0.717, 1.165) is 5.75 Å². The summed E-state index contributed by atoms with van der Waals surface area (Å²) in [6.45, 7) is 4.18. The van der Waals surface area contributed by atoms with Crippen molar-refractivity contribution in [2.45, 2.75) is 13.8 Å². The zero-order valence-electron chi connectivity index (χ0n) is 9.10. The zero-order valence-corrected chi connectivity index (χ0v) is 9.85. The van der Waals surface area contributed by atoms with E-state index >= 15 is 0 Å². The molecule has 2 aromatic rings. The average Bonchev–Trinajstić information content (AvgIpc) is 2.23. The van der Waals surface area contributed by atoms with Crippen LogP contribution in [0, 0.1) is 13.8 Å². The van der Waals surface area contributed by atoms with Crippen molar-refractivity contribution in [2.75, 3.05) is 7.11 Å². The summed E-state index contributed by atoms with van der Waals surface area (Å²) in [6.07, 6.45) is 0. The van der Waals surface area contributed by atoms with Crippen molar-refractivity contribution in [2.24, 2.45) is 0 Å². The highest BCUT2D eigenvalue weighted by molar-refractivity contribution is 6.33. The van der Waals surface area contributed by atoms with E-state index in [1.54, 1.807) is 7.11 Å².